The third-order valence-corrected chi connectivity index (χ3v) is 4.13. The number of nitrogens with one attached hydrogen (secondary N) is 1. The fourth-order valence-electron chi connectivity index (χ4n) is 2.79. The van der Waals surface area contributed by atoms with E-state index in [-0.39, 0.29) is 22.7 Å². The third kappa shape index (κ3) is 4.82. The predicted molar refractivity (Wildman–Crippen MR) is 102 cm³/mol. The van der Waals surface area contributed by atoms with Crippen LogP contribution in [0, 0.1) is 11.6 Å². The van der Waals surface area contributed by atoms with Crippen molar-refractivity contribution in [2.45, 2.75) is 26.7 Å². The number of carbonyl (C=O) groups excluding carboxylic acids is 2. The van der Waals surface area contributed by atoms with E-state index in [0.29, 0.717) is 13.1 Å². The fraction of sp³-hybridized carbons (Fsp3) is 0.350. The average Bonchev–Trinajstić information content (AvgIpc) is 2.66. The van der Waals surface area contributed by atoms with Crippen molar-refractivity contribution in [3.63, 3.8) is 0 Å². The topological polar surface area (TPSA) is 71.4 Å². The minimum absolute atomic E-state index is 0.115. The van der Waals surface area contributed by atoms with Crippen molar-refractivity contribution in [3.05, 3.63) is 63.6 Å². The highest BCUT2D eigenvalue weighted by molar-refractivity contribution is 6.05. The van der Waals surface area contributed by atoms with Crippen LogP contribution in [0.3, 0.4) is 0 Å². The number of aryl methyl sites for hydroxylation is 1. The first kappa shape index (κ1) is 21.3. The van der Waals surface area contributed by atoms with Gasteiger partial charge in [0.05, 0.1) is 5.56 Å². The van der Waals surface area contributed by atoms with E-state index in [4.69, 9.17) is 0 Å². The van der Waals surface area contributed by atoms with Gasteiger partial charge in [-0.1, -0.05) is 13.8 Å². The summed E-state index contributed by atoms with van der Waals surface area (Å²) in [6.07, 6.45) is 2.99. The molecule has 2 amide bonds. The maximum Gasteiger partial charge on any atom is 0.274 e. The fourth-order valence-corrected chi connectivity index (χ4v) is 2.79. The smallest absolute Gasteiger partial charge is 0.274 e. The molecular formula is C20H23F2N3O3. The van der Waals surface area contributed by atoms with Crippen LogP contribution in [0.15, 0.2) is 35.3 Å². The summed E-state index contributed by atoms with van der Waals surface area (Å²) in [7, 11) is 1.47. The van der Waals surface area contributed by atoms with Crippen molar-refractivity contribution in [1.82, 2.24) is 9.47 Å². The van der Waals surface area contributed by atoms with Gasteiger partial charge in [-0.25, -0.2) is 8.78 Å². The second kappa shape index (κ2) is 9.25. The summed E-state index contributed by atoms with van der Waals surface area (Å²) in [5, 5.41) is 2.38. The zero-order valence-electron chi connectivity index (χ0n) is 16.1. The zero-order chi connectivity index (χ0) is 20.8. The molecule has 0 radical (unpaired) electrons. The number of carbonyl (C=O) groups is 2. The highest BCUT2D eigenvalue weighted by Crippen LogP contribution is 2.13. The summed E-state index contributed by atoms with van der Waals surface area (Å²) in [5.74, 6) is -3.27. The Morgan fingerprint density at radius 3 is 2.25 bits per heavy atom. The Morgan fingerprint density at radius 2 is 1.68 bits per heavy atom. The summed E-state index contributed by atoms with van der Waals surface area (Å²) >= 11 is 0. The van der Waals surface area contributed by atoms with Crippen molar-refractivity contribution in [2.75, 3.05) is 18.4 Å². The molecule has 2 aromatic rings. The summed E-state index contributed by atoms with van der Waals surface area (Å²) < 4.78 is 27.6. The number of amides is 2. The molecule has 1 aromatic heterocycles. The van der Waals surface area contributed by atoms with Crippen LogP contribution >= 0.6 is 0 Å². The summed E-state index contributed by atoms with van der Waals surface area (Å²) in [4.78, 5) is 39.1. The molecule has 2 rings (SSSR count). The Labute approximate surface area is 161 Å². The van der Waals surface area contributed by atoms with Gasteiger partial charge in [-0.15, -0.1) is 0 Å². The number of rotatable bonds is 7. The Bertz CT molecular complexity index is 935. The minimum atomic E-state index is -1.17. The van der Waals surface area contributed by atoms with Gasteiger partial charge in [0, 0.05) is 31.9 Å². The van der Waals surface area contributed by atoms with Crippen LogP contribution < -0.4 is 10.9 Å². The molecule has 0 atom stereocenters. The Morgan fingerprint density at radius 1 is 1.04 bits per heavy atom. The van der Waals surface area contributed by atoms with Crippen LogP contribution in [0.4, 0.5) is 14.5 Å². The number of anilines is 1. The van der Waals surface area contributed by atoms with Crippen molar-refractivity contribution in [1.29, 1.82) is 0 Å². The lowest BCUT2D eigenvalue weighted by molar-refractivity contribution is 0.0754. The van der Waals surface area contributed by atoms with E-state index in [0.717, 1.165) is 31.0 Å². The Balaban J connectivity index is 2.34. The Hall–Kier alpha value is -3.03. The molecule has 1 aromatic carbocycles. The number of hydrogen-bond acceptors (Lipinski definition) is 3. The molecule has 0 bridgehead atoms. The lowest BCUT2D eigenvalue weighted by Crippen LogP contribution is -2.34. The molecule has 0 fully saturated rings. The van der Waals surface area contributed by atoms with Crippen LogP contribution in [-0.4, -0.2) is 34.4 Å². The lowest BCUT2D eigenvalue weighted by Gasteiger charge is -2.22. The number of hydrogen-bond donors (Lipinski definition) is 1. The standard InChI is InChI=1S/C20H23F2N3O3/c1-4-8-25(9-5-2)19(27)14-11-17(20(28)24(3)12-14)23-18(26)13-6-7-15(21)16(22)10-13/h6-7,10-12H,4-5,8-9H2,1-3H3,(H,23,26). The number of nitrogens with zero attached hydrogens (tertiary/aromatic N) is 2. The highest BCUT2D eigenvalue weighted by Gasteiger charge is 2.18. The van der Waals surface area contributed by atoms with Gasteiger partial charge in [-0.3, -0.25) is 14.4 Å². The molecule has 0 aliphatic rings. The summed E-state index contributed by atoms with van der Waals surface area (Å²) in [6, 6.07) is 3.99. The van der Waals surface area contributed by atoms with Crippen LogP contribution in [0.5, 0.6) is 0 Å². The average molecular weight is 391 g/mol. The summed E-state index contributed by atoms with van der Waals surface area (Å²) in [5.41, 5.74) is -0.526. The first-order valence-corrected chi connectivity index (χ1v) is 9.04. The maximum atomic E-state index is 13.4. The quantitative estimate of drug-likeness (QED) is 0.788. The molecule has 0 aliphatic carbocycles. The molecule has 28 heavy (non-hydrogen) atoms. The number of aromatic nitrogens is 1. The predicted octanol–water partition coefficient (Wildman–Crippen LogP) is 3.18. The van der Waals surface area contributed by atoms with Crippen molar-refractivity contribution < 1.29 is 18.4 Å². The van der Waals surface area contributed by atoms with Crippen LogP contribution in [0.1, 0.15) is 47.4 Å². The van der Waals surface area contributed by atoms with E-state index in [2.05, 4.69) is 5.32 Å². The SMILES string of the molecule is CCCN(CCC)C(=O)c1cc(NC(=O)c2ccc(F)c(F)c2)c(=O)n(C)c1. The van der Waals surface area contributed by atoms with Crippen molar-refractivity contribution in [3.8, 4) is 0 Å². The van der Waals surface area contributed by atoms with Gasteiger partial charge in [0.1, 0.15) is 5.69 Å². The number of pyridine rings is 1. The number of benzene rings is 1. The molecule has 0 spiro atoms. The van der Waals surface area contributed by atoms with Crippen LogP contribution in [0.2, 0.25) is 0 Å². The maximum absolute atomic E-state index is 13.4. The molecule has 0 saturated heterocycles. The monoisotopic (exact) mass is 391 g/mol. The van der Waals surface area contributed by atoms with Gasteiger partial charge in [0.15, 0.2) is 11.6 Å². The van der Waals surface area contributed by atoms with E-state index in [1.165, 1.54) is 23.9 Å². The first-order chi connectivity index (χ1) is 13.3. The molecular weight excluding hydrogens is 368 g/mol. The third-order valence-electron chi connectivity index (χ3n) is 4.13. The highest BCUT2D eigenvalue weighted by atomic mass is 19.2. The number of halogens is 2. The van der Waals surface area contributed by atoms with Crippen LogP contribution in [-0.2, 0) is 7.05 Å². The van der Waals surface area contributed by atoms with Crippen molar-refractivity contribution >= 4 is 17.5 Å². The van der Waals surface area contributed by atoms with E-state index in [1.54, 1.807) is 4.90 Å². The molecule has 0 unspecified atom stereocenters. The van der Waals surface area contributed by atoms with Gasteiger partial charge >= 0.3 is 0 Å². The van der Waals surface area contributed by atoms with Gasteiger partial charge < -0.3 is 14.8 Å². The molecule has 1 N–H and O–H groups in total. The van der Waals surface area contributed by atoms with E-state index in [9.17, 15) is 23.2 Å². The Kier molecular flexibility index (Phi) is 7.03. The second-order valence-electron chi connectivity index (χ2n) is 6.43. The first-order valence-electron chi connectivity index (χ1n) is 9.04. The summed E-state index contributed by atoms with van der Waals surface area (Å²) in [6.45, 7) is 5.08. The van der Waals surface area contributed by atoms with E-state index in [1.807, 2.05) is 13.8 Å². The molecule has 1 heterocycles. The van der Waals surface area contributed by atoms with Crippen LogP contribution in [0.25, 0.3) is 0 Å². The van der Waals surface area contributed by atoms with Gasteiger partial charge in [0.2, 0.25) is 0 Å². The molecule has 0 aliphatic heterocycles. The van der Waals surface area contributed by atoms with E-state index < -0.39 is 23.1 Å². The largest absolute Gasteiger partial charge is 0.339 e. The molecule has 150 valence electrons. The molecule has 6 nitrogen and oxygen atoms in total. The van der Waals surface area contributed by atoms with Gasteiger partial charge in [0.25, 0.3) is 17.4 Å². The molecule has 0 saturated carbocycles. The van der Waals surface area contributed by atoms with E-state index >= 15 is 0 Å². The van der Waals surface area contributed by atoms with Gasteiger partial charge in [-0.2, -0.15) is 0 Å². The zero-order valence-corrected chi connectivity index (χ0v) is 16.1. The minimum Gasteiger partial charge on any atom is -0.339 e. The second-order valence-corrected chi connectivity index (χ2v) is 6.43. The lowest BCUT2D eigenvalue weighted by atomic mass is 10.1. The molecule has 8 heteroatoms. The van der Waals surface area contributed by atoms with Gasteiger partial charge in [-0.05, 0) is 37.1 Å². The normalized spacial score (nSPS) is 10.6. The van der Waals surface area contributed by atoms with Crippen molar-refractivity contribution in [2.24, 2.45) is 7.05 Å².